The molecule has 0 unspecified atom stereocenters. The average Bonchev–Trinajstić information content (AvgIpc) is 2.46. The van der Waals surface area contributed by atoms with Crippen LogP contribution in [0.3, 0.4) is 0 Å². The van der Waals surface area contributed by atoms with Crippen LogP contribution in [0.5, 0.6) is 5.75 Å². The lowest BCUT2D eigenvalue weighted by molar-refractivity contribution is -0.385. The molecule has 0 radical (unpaired) electrons. The first-order chi connectivity index (χ1) is 10.0. The molecule has 0 aromatic heterocycles. The smallest absolute Gasteiger partial charge is 0.276 e. The first kappa shape index (κ1) is 16.1. The van der Waals surface area contributed by atoms with E-state index in [0.717, 1.165) is 10.0 Å². The van der Waals surface area contributed by atoms with Crippen molar-refractivity contribution in [2.75, 3.05) is 0 Å². The van der Waals surface area contributed by atoms with Gasteiger partial charge in [-0.25, -0.2) is 0 Å². The van der Waals surface area contributed by atoms with E-state index in [0.29, 0.717) is 22.2 Å². The third-order valence-electron chi connectivity index (χ3n) is 2.79. The van der Waals surface area contributed by atoms with Gasteiger partial charge in [-0.15, -0.1) is 11.6 Å². The average molecular weight is 391 g/mol. The number of benzene rings is 2. The summed E-state index contributed by atoms with van der Waals surface area (Å²) in [4.78, 5) is 10.5. The molecule has 0 bridgehead atoms. The molecule has 2 aromatic rings. The van der Waals surface area contributed by atoms with Crippen molar-refractivity contribution in [1.29, 1.82) is 0 Å². The molecule has 110 valence electrons. The number of nitro benzene ring substituents is 1. The summed E-state index contributed by atoms with van der Waals surface area (Å²) in [5.74, 6) is 0.929. The lowest BCUT2D eigenvalue weighted by Crippen LogP contribution is -2.01. The Morgan fingerprint density at radius 3 is 2.62 bits per heavy atom. The molecule has 2 rings (SSSR count). The molecule has 7 heteroatoms. The molecule has 4 nitrogen and oxygen atoms in total. The molecule has 0 aliphatic heterocycles. The zero-order valence-electron chi connectivity index (χ0n) is 10.7. The first-order valence-electron chi connectivity index (χ1n) is 5.91. The van der Waals surface area contributed by atoms with Crippen molar-refractivity contribution < 1.29 is 9.66 Å². The van der Waals surface area contributed by atoms with Gasteiger partial charge in [0.1, 0.15) is 12.4 Å². The van der Waals surface area contributed by atoms with Crippen LogP contribution in [0, 0.1) is 10.1 Å². The number of halogens is 3. The van der Waals surface area contributed by atoms with E-state index in [9.17, 15) is 10.1 Å². The summed E-state index contributed by atoms with van der Waals surface area (Å²) in [6.45, 7) is 0.0558. The highest BCUT2D eigenvalue weighted by molar-refractivity contribution is 9.10. The van der Waals surface area contributed by atoms with Gasteiger partial charge in [0.05, 0.1) is 10.5 Å². The minimum Gasteiger partial charge on any atom is -0.489 e. The summed E-state index contributed by atoms with van der Waals surface area (Å²) >= 11 is 15.1. The Kier molecular flexibility index (Phi) is 5.45. The Morgan fingerprint density at radius 1 is 1.19 bits per heavy atom. The summed E-state index contributed by atoms with van der Waals surface area (Å²) in [6, 6.07) is 9.74. The predicted molar refractivity (Wildman–Crippen MR) is 86.1 cm³/mol. The van der Waals surface area contributed by atoms with Crippen LogP contribution in [0.1, 0.15) is 11.1 Å². The molecule has 0 fully saturated rings. The second-order valence-corrected chi connectivity index (χ2v) is 5.76. The van der Waals surface area contributed by atoms with Crippen LogP contribution < -0.4 is 4.74 Å². The molecule has 0 spiro atoms. The van der Waals surface area contributed by atoms with Gasteiger partial charge in [-0.2, -0.15) is 0 Å². The summed E-state index contributed by atoms with van der Waals surface area (Å²) in [6.07, 6.45) is 0. The third kappa shape index (κ3) is 4.09. The van der Waals surface area contributed by atoms with Gasteiger partial charge in [0, 0.05) is 21.4 Å². The fourth-order valence-electron chi connectivity index (χ4n) is 1.75. The van der Waals surface area contributed by atoms with Gasteiger partial charge in [-0.05, 0) is 35.9 Å². The quantitative estimate of drug-likeness (QED) is 0.394. The van der Waals surface area contributed by atoms with Crippen molar-refractivity contribution in [2.45, 2.75) is 12.5 Å². The number of alkyl halides is 1. The fourth-order valence-corrected chi connectivity index (χ4v) is 2.72. The minimum absolute atomic E-state index is 0.0194. The number of rotatable bonds is 5. The van der Waals surface area contributed by atoms with E-state index < -0.39 is 4.92 Å². The highest BCUT2D eigenvalue weighted by atomic mass is 79.9. The van der Waals surface area contributed by atoms with Gasteiger partial charge in [-0.1, -0.05) is 27.5 Å². The van der Waals surface area contributed by atoms with Crippen molar-refractivity contribution in [1.82, 2.24) is 0 Å². The Balaban J connectivity index is 2.20. The van der Waals surface area contributed by atoms with E-state index in [2.05, 4.69) is 15.9 Å². The van der Waals surface area contributed by atoms with Crippen LogP contribution >= 0.6 is 39.1 Å². The van der Waals surface area contributed by atoms with E-state index in [-0.39, 0.29) is 12.3 Å². The topological polar surface area (TPSA) is 52.4 Å². The van der Waals surface area contributed by atoms with Crippen LogP contribution in [0.25, 0.3) is 0 Å². The van der Waals surface area contributed by atoms with Crippen molar-refractivity contribution in [2.24, 2.45) is 0 Å². The summed E-state index contributed by atoms with van der Waals surface area (Å²) in [7, 11) is 0. The fraction of sp³-hybridized carbons (Fsp3) is 0.143. The molecule has 0 saturated heterocycles. The second kappa shape index (κ2) is 7.11. The predicted octanol–water partition coefficient (Wildman–Crippen LogP) is 5.33. The zero-order chi connectivity index (χ0) is 15.4. The molecule has 21 heavy (non-hydrogen) atoms. The van der Waals surface area contributed by atoms with E-state index >= 15 is 0 Å². The number of nitro groups is 1. The van der Waals surface area contributed by atoms with Gasteiger partial charge in [0.15, 0.2) is 0 Å². The summed E-state index contributed by atoms with van der Waals surface area (Å²) < 4.78 is 6.48. The molecule has 0 aliphatic carbocycles. The molecule has 0 aliphatic rings. The van der Waals surface area contributed by atoms with E-state index in [1.165, 1.54) is 18.2 Å². The van der Waals surface area contributed by atoms with Gasteiger partial charge >= 0.3 is 0 Å². The Hall–Kier alpha value is -1.30. The van der Waals surface area contributed by atoms with Gasteiger partial charge < -0.3 is 4.74 Å². The molecule has 2 aromatic carbocycles. The number of hydrogen-bond donors (Lipinski definition) is 0. The van der Waals surface area contributed by atoms with Gasteiger partial charge in [0.25, 0.3) is 5.69 Å². The highest BCUT2D eigenvalue weighted by Crippen LogP contribution is 2.27. The Bertz CT molecular complexity index is 679. The van der Waals surface area contributed by atoms with E-state index in [1.807, 2.05) is 6.07 Å². The monoisotopic (exact) mass is 389 g/mol. The van der Waals surface area contributed by atoms with Crippen LogP contribution in [0.2, 0.25) is 5.02 Å². The number of ether oxygens (including phenoxy) is 1. The minimum atomic E-state index is -0.458. The number of hydrogen-bond acceptors (Lipinski definition) is 3. The lowest BCUT2D eigenvalue weighted by Gasteiger charge is -2.09. The number of nitrogens with zero attached hydrogens (tertiary/aromatic N) is 1. The van der Waals surface area contributed by atoms with Crippen LogP contribution in [0.15, 0.2) is 40.9 Å². The standard InChI is InChI=1S/C14H10BrCl2NO3/c15-13-3-2-12(6-9(13)7-16)21-8-10-5-11(17)1-4-14(10)18(19)20/h1-6H,7-8H2. The molecule has 0 N–H and O–H groups in total. The van der Waals surface area contributed by atoms with Crippen molar-refractivity contribution in [3.8, 4) is 5.75 Å². The molecular formula is C14H10BrCl2NO3. The SMILES string of the molecule is O=[N+]([O-])c1ccc(Cl)cc1COc1ccc(Br)c(CCl)c1. The summed E-state index contributed by atoms with van der Waals surface area (Å²) in [5.41, 5.74) is 1.28. The van der Waals surface area contributed by atoms with Crippen LogP contribution in [-0.4, -0.2) is 4.92 Å². The van der Waals surface area contributed by atoms with Gasteiger partial charge in [0.2, 0.25) is 0 Å². The van der Waals surface area contributed by atoms with E-state index in [1.54, 1.807) is 12.1 Å². The normalized spacial score (nSPS) is 10.4. The maximum absolute atomic E-state index is 11.0. The van der Waals surface area contributed by atoms with Crippen LogP contribution in [-0.2, 0) is 12.5 Å². The lowest BCUT2D eigenvalue weighted by atomic mass is 10.2. The molecule has 0 heterocycles. The maximum Gasteiger partial charge on any atom is 0.276 e. The molecule has 0 atom stereocenters. The summed E-state index contributed by atoms with van der Waals surface area (Å²) in [5, 5.41) is 11.4. The van der Waals surface area contributed by atoms with Crippen molar-refractivity contribution in [3.63, 3.8) is 0 Å². The highest BCUT2D eigenvalue weighted by Gasteiger charge is 2.14. The van der Waals surface area contributed by atoms with Crippen molar-refractivity contribution in [3.05, 3.63) is 67.1 Å². The largest absolute Gasteiger partial charge is 0.489 e. The van der Waals surface area contributed by atoms with Gasteiger partial charge in [-0.3, -0.25) is 10.1 Å². The maximum atomic E-state index is 11.0. The molecule has 0 amide bonds. The Labute approximate surface area is 139 Å². The molecule has 0 saturated carbocycles. The zero-order valence-corrected chi connectivity index (χ0v) is 13.8. The van der Waals surface area contributed by atoms with E-state index in [4.69, 9.17) is 27.9 Å². The first-order valence-corrected chi connectivity index (χ1v) is 7.62. The Morgan fingerprint density at radius 2 is 1.95 bits per heavy atom. The van der Waals surface area contributed by atoms with Crippen molar-refractivity contribution >= 4 is 44.8 Å². The third-order valence-corrected chi connectivity index (χ3v) is 4.09. The second-order valence-electron chi connectivity index (χ2n) is 4.21. The van der Waals surface area contributed by atoms with Crippen LogP contribution in [0.4, 0.5) is 5.69 Å². The molecular weight excluding hydrogens is 381 g/mol.